The van der Waals surface area contributed by atoms with E-state index in [4.69, 9.17) is 0 Å². The second-order valence-electron chi connectivity index (χ2n) is 10.9. The SMILES string of the molecule is CC(C)CC1CCC2C3CCC4CCCCC4(C)C3CCC12C. The Labute approximate surface area is 145 Å². The molecule has 0 amide bonds. The molecule has 4 fully saturated rings. The Morgan fingerprint density at radius 3 is 2.35 bits per heavy atom. The molecule has 4 aliphatic carbocycles. The summed E-state index contributed by atoms with van der Waals surface area (Å²) in [4.78, 5) is 0. The van der Waals surface area contributed by atoms with Gasteiger partial charge in [-0.05, 0) is 104 Å². The van der Waals surface area contributed by atoms with Gasteiger partial charge in [-0.25, -0.2) is 0 Å². The summed E-state index contributed by atoms with van der Waals surface area (Å²) in [6.45, 7) is 10.3. The molecule has 4 aliphatic rings. The van der Waals surface area contributed by atoms with Gasteiger partial charge in [-0.3, -0.25) is 0 Å². The molecule has 0 spiro atoms. The first-order valence-corrected chi connectivity index (χ1v) is 10.9. The van der Waals surface area contributed by atoms with E-state index in [2.05, 4.69) is 27.7 Å². The van der Waals surface area contributed by atoms with E-state index in [1.165, 1.54) is 19.3 Å². The van der Waals surface area contributed by atoms with Crippen molar-refractivity contribution < 1.29 is 0 Å². The molecule has 0 aliphatic heterocycles. The van der Waals surface area contributed by atoms with E-state index in [0.717, 1.165) is 40.9 Å². The zero-order valence-corrected chi connectivity index (χ0v) is 16.2. The number of hydrogen-bond donors (Lipinski definition) is 0. The molecular formula is C23H40. The standard InChI is InChI=1S/C23H40/c1-16(2)15-18-9-11-20-19-10-8-17-7-5-6-13-22(17,3)21(19)12-14-23(18,20)4/h16-21H,5-15H2,1-4H3. The Balaban J connectivity index is 1.57. The van der Waals surface area contributed by atoms with Gasteiger partial charge in [-0.2, -0.15) is 0 Å². The van der Waals surface area contributed by atoms with Crippen LogP contribution in [0.3, 0.4) is 0 Å². The number of fused-ring (bicyclic) bond motifs is 5. The highest BCUT2D eigenvalue weighted by Crippen LogP contribution is 2.67. The van der Waals surface area contributed by atoms with Gasteiger partial charge < -0.3 is 0 Å². The minimum Gasteiger partial charge on any atom is -0.0628 e. The monoisotopic (exact) mass is 316 g/mol. The summed E-state index contributed by atoms with van der Waals surface area (Å²) in [5.41, 5.74) is 1.42. The number of rotatable bonds is 2. The summed E-state index contributed by atoms with van der Waals surface area (Å²) in [5, 5.41) is 0. The fourth-order valence-corrected chi connectivity index (χ4v) is 8.36. The second kappa shape index (κ2) is 5.77. The first kappa shape index (κ1) is 16.5. The molecule has 0 radical (unpaired) electrons. The third kappa shape index (κ3) is 2.44. The minimum atomic E-state index is 0.698. The molecule has 0 aromatic rings. The highest BCUT2D eigenvalue weighted by Gasteiger charge is 2.59. The van der Waals surface area contributed by atoms with Gasteiger partial charge in [0, 0.05) is 0 Å². The van der Waals surface area contributed by atoms with Crippen molar-refractivity contribution in [2.45, 2.75) is 98.3 Å². The average molecular weight is 317 g/mol. The van der Waals surface area contributed by atoms with Crippen molar-refractivity contribution in [3.05, 3.63) is 0 Å². The van der Waals surface area contributed by atoms with E-state index in [1.807, 2.05) is 0 Å². The third-order valence-electron chi connectivity index (χ3n) is 9.54. The molecule has 132 valence electrons. The third-order valence-corrected chi connectivity index (χ3v) is 9.54. The molecule has 0 nitrogen and oxygen atoms in total. The largest absolute Gasteiger partial charge is 0.0628 e. The van der Waals surface area contributed by atoms with Crippen LogP contribution in [0.4, 0.5) is 0 Å². The van der Waals surface area contributed by atoms with Crippen molar-refractivity contribution in [1.82, 2.24) is 0 Å². The second-order valence-corrected chi connectivity index (χ2v) is 10.9. The summed E-state index contributed by atoms with van der Waals surface area (Å²) in [6.07, 6.45) is 17.0. The van der Waals surface area contributed by atoms with E-state index >= 15 is 0 Å². The molecule has 23 heavy (non-hydrogen) atoms. The van der Waals surface area contributed by atoms with Crippen LogP contribution in [0.25, 0.3) is 0 Å². The lowest BCUT2D eigenvalue weighted by Crippen LogP contribution is -2.52. The van der Waals surface area contributed by atoms with Gasteiger partial charge in [-0.15, -0.1) is 0 Å². The topological polar surface area (TPSA) is 0 Å². The molecule has 4 saturated carbocycles. The summed E-state index contributed by atoms with van der Waals surface area (Å²) in [7, 11) is 0. The maximum atomic E-state index is 2.72. The van der Waals surface area contributed by atoms with Gasteiger partial charge in [0.15, 0.2) is 0 Å². The van der Waals surface area contributed by atoms with Gasteiger partial charge in [0.05, 0.1) is 0 Å². The van der Waals surface area contributed by atoms with E-state index < -0.39 is 0 Å². The Morgan fingerprint density at radius 2 is 1.57 bits per heavy atom. The van der Waals surface area contributed by atoms with Gasteiger partial charge in [0.1, 0.15) is 0 Å². The predicted molar refractivity (Wildman–Crippen MR) is 99.3 cm³/mol. The molecule has 7 unspecified atom stereocenters. The highest BCUT2D eigenvalue weighted by molar-refractivity contribution is 5.08. The van der Waals surface area contributed by atoms with Crippen LogP contribution in [0.2, 0.25) is 0 Å². The van der Waals surface area contributed by atoms with Crippen LogP contribution in [-0.2, 0) is 0 Å². The van der Waals surface area contributed by atoms with E-state index in [-0.39, 0.29) is 0 Å². The first-order chi connectivity index (χ1) is 10.9. The van der Waals surface area contributed by atoms with E-state index in [0.29, 0.717) is 5.41 Å². The molecule has 7 atom stereocenters. The maximum absolute atomic E-state index is 2.72. The Morgan fingerprint density at radius 1 is 0.783 bits per heavy atom. The fourth-order valence-electron chi connectivity index (χ4n) is 8.36. The van der Waals surface area contributed by atoms with Crippen LogP contribution in [0.15, 0.2) is 0 Å². The van der Waals surface area contributed by atoms with Crippen LogP contribution >= 0.6 is 0 Å². The van der Waals surface area contributed by atoms with Crippen molar-refractivity contribution in [2.75, 3.05) is 0 Å². The molecular weight excluding hydrogens is 276 g/mol. The molecule has 0 bridgehead atoms. The predicted octanol–water partition coefficient (Wildman–Crippen LogP) is 7.08. The van der Waals surface area contributed by atoms with Crippen molar-refractivity contribution in [2.24, 2.45) is 46.3 Å². The summed E-state index contributed by atoms with van der Waals surface area (Å²) < 4.78 is 0. The zero-order chi connectivity index (χ0) is 16.2. The van der Waals surface area contributed by atoms with Crippen LogP contribution in [0.5, 0.6) is 0 Å². The Bertz CT molecular complexity index is 437. The van der Waals surface area contributed by atoms with E-state index in [9.17, 15) is 0 Å². The lowest BCUT2D eigenvalue weighted by Gasteiger charge is -2.60. The van der Waals surface area contributed by atoms with Crippen molar-refractivity contribution in [3.63, 3.8) is 0 Å². The van der Waals surface area contributed by atoms with Crippen LogP contribution in [0, 0.1) is 46.3 Å². The van der Waals surface area contributed by atoms with Crippen LogP contribution in [0.1, 0.15) is 98.3 Å². The Kier molecular flexibility index (Phi) is 4.13. The Hall–Kier alpha value is 0. The summed E-state index contributed by atoms with van der Waals surface area (Å²) in [5.74, 6) is 6.24. The summed E-state index contributed by atoms with van der Waals surface area (Å²) in [6, 6.07) is 0. The fraction of sp³-hybridized carbons (Fsp3) is 1.00. The maximum Gasteiger partial charge on any atom is -0.0266 e. The lowest BCUT2D eigenvalue weighted by molar-refractivity contribution is -0.111. The number of hydrogen-bond acceptors (Lipinski definition) is 0. The minimum absolute atomic E-state index is 0.698. The molecule has 0 saturated heterocycles. The molecule has 0 aromatic heterocycles. The van der Waals surface area contributed by atoms with Gasteiger partial charge in [0.25, 0.3) is 0 Å². The van der Waals surface area contributed by atoms with Crippen LogP contribution < -0.4 is 0 Å². The smallest absolute Gasteiger partial charge is 0.0266 e. The zero-order valence-electron chi connectivity index (χ0n) is 16.2. The lowest BCUT2D eigenvalue weighted by atomic mass is 9.45. The first-order valence-electron chi connectivity index (χ1n) is 10.9. The molecule has 0 N–H and O–H groups in total. The quantitative estimate of drug-likeness (QED) is 0.510. The highest BCUT2D eigenvalue weighted by atomic mass is 14.6. The molecule has 4 rings (SSSR count). The van der Waals surface area contributed by atoms with Crippen LogP contribution in [-0.4, -0.2) is 0 Å². The van der Waals surface area contributed by atoms with Crippen molar-refractivity contribution in [3.8, 4) is 0 Å². The normalized spacial score (nSPS) is 52.8. The van der Waals surface area contributed by atoms with Crippen molar-refractivity contribution >= 4 is 0 Å². The molecule has 0 heterocycles. The van der Waals surface area contributed by atoms with Gasteiger partial charge >= 0.3 is 0 Å². The van der Waals surface area contributed by atoms with Gasteiger partial charge in [-0.1, -0.05) is 40.5 Å². The summed E-state index contributed by atoms with van der Waals surface area (Å²) >= 11 is 0. The van der Waals surface area contributed by atoms with Gasteiger partial charge in [0.2, 0.25) is 0 Å². The molecule has 0 heteroatoms. The molecule has 0 aromatic carbocycles. The average Bonchev–Trinajstić information content (AvgIpc) is 2.83. The van der Waals surface area contributed by atoms with E-state index in [1.54, 1.807) is 51.4 Å². The van der Waals surface area contributed by atoms with Crippen molar-refractivity contribution in [1.29, 1.82) is 0 Å².